The summed E-state index contributed by atoms with van der Waals surface area (Å²) in [7, 11) is 1.55. The van der Waals surface area contributed by atoms with Crippen molar-refractivity contribution in [3.8, 4) is 0 Å². The Morgan fingerprint density at radius 2 is 1.53 bits per heavy atom. The van der Waals surface area contributed by atoms with Crippen molar-refractivity contribution in [2.24, 2.45) is 56.7 Å². The molecule has 0 N–H and O–H groups in total. The molecule has 4 nitrogen and oxygen atoms in total. The van der Waals surface area contributed by atoms with E-state index in [0.29, 0.717) is 36.0 Å². The van der Waals surface area contributed by atoms with Gasteiger partial charge in [-0.05, 0) is 122 Å². The number of fused-ring (bicyclic) bond motifs is 7. The summed E-state index contributed by atoms with van der Waals surface area (Å²) in [6, 6.07) is 0. The second-order valence-electron chi connectivity index (χ2n) is 15.8. The molecule has 5 aliphatic rings. The van der Waals surface area contributed by atoms with Crippen molar-refractivity contribution < 1.29 is 19.1 Å². The maximum Gasteiger partial charge on any atom is 0.306 e. The molecule has 38 heavy (non-hydrogen) atoms. The Kier molecular flexibility index (Phi) is 6.76. The zero-order valence-corrected chi connectivity index (χ0v) is 25.6. The van der Waals surface area contributed by atoms with Gasteiger partial charge in [-0.1, -0.05) is 46.8 Å². The highest BCUT2D eigenvalue weighted by Gasteiger charge is 2.71. The Morgan fingerprint density at radius 1 is 0.816 bits per heavy atom. The lowest BCUT2D eigenvalue weighted by Crippen LogP contribution is -2.66. The standard InChI is InChI=1S/C34H54O4/c1-21(2)23-12-17-34(20-28(36)37-9)19-18-32(7)24(29(23)34)10-11-26-31(6)15-14-27(38-22(3)35)30(4,5)25(31)13-16-33(26,32)8/h23-27,29H,1,10-20H2,2-9H3/t23-,24+,25-,26+,27-,29+,31-,32+,33+,34+/m0/s1. The number of ether oxygens (including phenoxy) is 2. The number of carbonyl (C=O) groups excluding carboxylic acids is 2. The van der Waals surface area contributed by atoms with Gasteiger partial charge in [0, 0.05) is 12.3 Å². The average Bonchev–Trinajstić information content (AvgIpc) is 3.21. The van der Waals surface area contributed by atoms with Gasteiger partial charge >= 0.3 is 11.9 Å². The van der Waals surface area contributed by atoms with Gasteiger partial charge in [-0.15, -0.1) is 0 Å². The van der Waals surface area contributed by atoms with Gasteiger partial charge in [0.1, 0.15) is 6.10 Å². The third-order valence-corrected chi connectivity index (χ3v) is 14.2. The van der Waals surface area contributed by atoms with Gasteiger partial charge in [-0.25, -0.2) is 0 Å². The van der Waals surface area contributed by atoms with Gasteiger partial charge in [0.25, 0.3) is 0 Å². The molecule has 10 atom stereocenters. The molecule has 5 fully saturated rings. The smallest absolute Gasteiger partial charge is 0.306 e. The predicted molar refractivity (Wildman–Crippen MR) is 151 cm³/mol. The third-order valence-electron chi connectivity index (χ3n) is 14.2. The molecule has 0 saturated heterocycles. The van der Waals surface area contributed by atoms with Crippen molar-refractivity contribution in [2.75, 3.05) is 7.11 Å². The van der Waals surface area contributed by atoms with Crippen LogP contribution in [0.25, 0.3) is 0 Å². The summed E-state index contributed by atoms with van der Waals surface area (Å²) in [5, 5.41) is 0. The molecular formula is C34H54O4. The second-order valence-corrected chi connectivity index (χ2v) is 15.8. The summed E-state index contributed by atoms with van der Waals surface area (Å²) in [5.41, 5.74) is 2.21. The number of carbonyl (C=O) groups is 2. The molecule has 5 aliphatic carbocycles. The molecule has 0 bridgehead atoms. The number of rotatable bonds is 4. The van der Waals surface area contributed by atoms with E-state index in [1.54, 1.807) is 14.0 Å². The molecule has 0 radical (unpaired) electrons. The predicted octanol–water partition coefficient (Wildman–Crippen LogP) is 8.14. The monoisotopic (exact) mass is 526 g/mol. The minimum absolute atomic E-state index is 0.00349. The number of hydrogen-bond acceptors (Lipinski definition) is 4. The van der Waals surface area contributed by atoms with Gasteiger partial charge in [0.05, 0.1) is 13.5 Å². The number of hydrogen-bond donors (Lipinski definition) is 0. The van der Waals surface area contributed by atoms with Gasteiger partial charge in [0.15, 0.2) is 0 Å². The van der Waals surface area contributed by atoms with E-state index in [9.17, 15) is 9.59 Å². The number of allylic oxidation sites excluding steroid dienone is 1. The Bertz CT molecular complexity index is 998. The molecule has 214 valence electrons. The van der Waals surface area contributed by atoms with E-state index in [-0.39, 0.29) is 45.1 Å². The molecule has 0 aromatic rings. The first-order chi connectivity index (χ1) is 17.7. The van der Waals surface area contributed by atoms with Crippen molar-refractivity contribution in [2.45, 2.75) is 125 Å². The summed E-state index contributed by atoms with van der Waals surface area (Å²) in [5.74, 6) is 2.79. The van der Waals surface area contributed by atoms with E-state index in [1.807, 2.05) is 0 Å². The van der Waals surface area contributed by atoms with E-state index in [0.717, 1.165) is 25.7 Å². The molecule has 0 aliphatic heterocycles. The van der Waals surface area contributed by atoms with Crippen molar-refractivity contribution >= 4 is 11.9 Å². The highest BCUT2D eigenvalue weighted by atomic mass is 16.5. The van der Waals surface area contributed by atoms with E-state index >= 15 is 0 Å². The summed E-state index contributed by atoms with van der Waals surface area (Å²) < 4.78 is 11.2. The van der Waals surface area contributed by atoms with Crippen LogP contribution in [0.3, 0.4) is 0 Å². The van der Waals surface area contributed by atoms with Crippen LogP contribution < -0.4 is 0 Å². The molecule has 0 aromatic heterocycles. The Balaban J connectivity index is 1.50. The van der Waals surface area contributed by atoms with Gasteiger partial charge in [-0.3, -0.25) is 9.59 Å². The minimum atomic E-state index is -0.137. The zero-order chi connectivity index (χ0) is 27.9. The average molecular weight is 527 g/mol. The molecule has 0 spiro atoms. The number of methoxy groups -OCH3 is 1. The van der Waals surface area contributed by atoms with Gasteiger partial charge in [-0.2, -0.15) is 0 Å². The van der Waals surface area contributed by atoms with E-state index in [4.69, 9.17) is 9.47 Å². The lowest BCUT2D eigenvalue weighted by Gasteiger charge is -2.73. The number of esters is 2. The molecule has 0 heterocycles. The highest BCUT2D eigenvalue weighted by molar-refractivity contribution is 5.70. The minimum Gasteiger partial charge on any atom is -0.469 e. The largest absolute Gasteiger partial charge is 0.469 e. The second kappa shape index (κ2) is 9.10. The lowest BCUT2D eigenvalue weighted by atomic mass is 9.32. The van der Waals surface area contributed by atoms with Crippen LogP contribution in [0.2, 0.25) is 0 Å². The summed E-state index contributed by atoms with van der Waals surface area (Å²) in [4.78, 5) is 24.6. The van der Waals surface area contributed by atoms with Gasteiger partial charge < -0.3 is 9.47 Å². The van der Waals surface area contributed by atoms with Crippen LogP contribution in [0.15, 0.2) is 12.2 Å². The Hall–Kier alpha value is -1.32. The third kappa shape index (κ3) is 3.73. The van der Waals surface area contributed by atoms with Crippen molar-refractivity contribution in [3.63, 3.8) is 0 Å². The molecule has 0 aromatic carbocycles. The fourth-order valence-corrected chi connectivity index (χ4v) is 12.3. The summed E-state index contributed by atoms with van der Waals surface area (Å²) in [6.07, 6.45) is 12.5. The fraction of sp³-hybridized carbons (Fsp3) is 0.882. The van der Waals surface area contributed by atoms with Crippen molar-refractivity contribution in [1.82, 2.24) is 0 Å². The van der Waals surface area contributed by atoms with E-state index in [1.165, 1.54) is 44.1 Å². The molecule has 4 heteroatoms. The van der Waals surface area contributed by atoms with Gasteiger partial charge in [0.2, 0.25) is 0 Å². The zero-order valence-electron chi connectivity index (χ0n) is 25.6. The lowest BCUT2D eigenvalue weighted by molar-refractivity contribution is -0.250. The van der Waals surface area contributed by atoms with Crippen LogP contribution >= 0.6 is 0 Å². The van der Waals surface area contributed by atoms with Crippen LogP contribution in [0.4, 0.5) is 0 Å². The van der Waals surface area contributed by atoms with E-state index in [2.05, 4.69) is 48.1 Å². The fourth-order valence-electron chi connectivity index (χ4n) is 12.3. The molecule has 5 rings (SSSR count). The summed E-state index contributed by atoms with van der Waals surface area (Å²) >= 11 is 0. The molecule has 5 saturated carbocycles. The first-order valence-electron chi connectivity index (χ1n) is 15.6. The van der Waals surface area contributed by atoms with Crippen LogP contribution in [0, 0.1) is 56.7 Å². The first kappa shape index (κ1) is 28.2. The van der Waals surface area contributed by atoms with Crippen molar-refractivity contribution in [1.29, 1.82) is 0 Å². The first-order valence-corrected chi connectivity index (χ1v) is 15.6. The molecule has 0 unspecified atom stereocenters. The van der Waals surface area contributed by atoms with Crippen LogP contribution in [-0.2, 0) is 19.1 Å². The Labute approximate surface area is 232 Å². The summed E-state index contributed by atoms with van der Waals surface area (Å²) in [6.45, 7) is 20.9. The molecule has 0 amide bonds. The van der Waals surface area contributed by atoms with Crippen LogP contribution in [-0.4, -0.2) is 25.2 Å². The topological polar surface area (TPSA) is 52.6 Å². The highest BCUT2D eigenvalue weighted by Crippen LogP contribution is 2.78. The molecular weight excluding hydrogens is 472 g/mol. The SMILES string of the molecule is C=C(C)[C@@H]1CC[C@]2(CC(=O)OC)CC[C@]3(C)[C@H](CC[C@@H]4[C@@]5(C)CC[C@H](OC(C)=O)C(C)(C)[C@@H]5CC[C@]43C)[C@@H]12. The van der Waals surface area contributed by atoms with Crippen LogP contribution in [0.1, 0.15) is 119 Å². The van der Waals surface area contributed by atoms with Crippen molar-refractivity contribution in [3.05, 3.63) is 12.2 Å². The Morgan fingerprint density at radius 3 is 2.16 bits per heavy atom. The van der Waals surface area contributed by atoms with Crippen LogP contribution in [0.5, 0.6) is 0 Å². The maximum absolute atomic E-state index is 12.7. The maximum atomic E-state index is 12.7. The quantitative estimate of drug-likeness (QED) is 0.274. The normalized spacial score (nSPS) is 49.1. The van der Waals surface area contributed by atoms with E-state index < -0.39 is 0 Å².